The molecule has 1 amide bonds. The largest absolute Gasteiger partial charge is 0.507 e. The molecule has 0 spiro atoms. The summed E-state index contributed by atoms with van der Waals surface area (Å²) >= 11 is 0. The van der Waals surface area contributed by atoms with Crippen molar-refractivity contribution in [3.8, 4) is 34.8 Å². The van der Waals surface area contributed by atoms with Crippen LogP contribution in [-0.2, 0) is 17.6 Å². The minimum absolute atomic E-state index is 0.0401. The van der Waals surface area contributed by atoms with Gasteiger partial charge in [-0.05, 0) is 44.9 Å². The van der Waals surface area contributed by atoms with Crippen molar-refractivity contribution < 1.29 is 29.2 Å². The number of carbonyl (C=O) groups is 1. The van der Waals surface area contributed by atoms with E-state index in [2.05, 4.69) is 27.3 Å². The fraction of sp³-hybridized carbons (Fsp3) is 0.500. The van der Waals surface area contributed by atoms with Crippen molar-refractivity contribution in [2.24, 2.45) is 0 Å². The number of nitrogens with zero attached hydrogens (tertiary/aromatic N) is 3. The van der Waals surface area contributed by atoms with E-state index < -0.39 is 12.1 Å². The van der Waals surface area contributed by atoms with Crippen molar-refractivity contribution in [1.29, 1.82) is 5.26 Å². The lowest BCUT2D eigenvalue weighted by molar-refractivity contribution is -0.120. The summed E-state index contributed by atoms with van der Waals surface area (Å²) in [5, 5.41) is 36.3. The smallest absolute Gasteiger partial charge is 0.231 e. The maximum absolute atomic E-state index is 12.1. The predicted molar refractivity (Wildman–Crippen MR) is 137 cm³/mol. The minimum Gasteiger partial charge on any atom is -0.507 e. The number of phenols is 2. The van der Waals surface area contributed by atoms with Gasteiger partial charge in [0, 0.05) is 47.8 Å². The van der Waals surface area contributed by atoms with Crippen LogP contribution in [0.4, 0.5) is 0 Å². The first-order valence-corrected chi connectivity index (χ1v) is 12.9. The number of methoxy groups -OCH3 is 1. The lowest BCUT2D eigenvalue weighted by Crippen LogP contribution is -2.68. The zero-order valence-electron chi connectivity index (χ0n) is 22.2. The van der Waals surface area contributed by atoms with Crippen LogP contribution in [0.25, 0.3) is 0 Å². The Morgan fingerprint density at radius 1 is 1.18 bits per heavy atom. The molecule has 1 fully saturated rings. The number of piperazine rings is 1. The monoisotopic (exact) mass is 520 g/mol. The minimum atomic E-state index is -0.507. The van der Waals surface area contributed by atoms with Crippen molar-refractivity contribution in [1.82, 2.24) is 15.1 Å². The summed E-state index contributed by atoms with van der Waals surface area (Å²) in [5.41, 5.74) is 4.71. The molecule has 2 bridgehead atoms. The van der Waals surface area contributed by atoms with Crippen LogP contribution >= 0.6 is 0 Å². The number of rotatable bonds is 3. The zero-order valence-corrected chi connectivity index (χ0v) is 22.2. The Hall–Kier alpha value is -3.68. The van der Waals surface area contributed by atoms with Gasteiger partial charge in [0.15, 0.2) is 23.0 Å². The molecule has 0 saturated carbocycles. The summed E-state index contributed by atoms with van der Waals surface area (Å²) in [6.07, 6.45) is 1.00. The molecule has 3 unspecified atom stereocenters. The number of fused-ring (bicyclic) bond motifs is 9. The normalized spacial score (nSPS) is 27.1. The summed E-state index contributed by atoms with van der Waals surface area (Å²) in [6, 6.07) is 2.95. The number of carbonyl (C=O) groups excluding carboxylic acids is 1. The third-order valence-corrected chi connectivity index (χ3v) is 8.84. The highest BCUT2D eigenvalue weighted by atomic mass is 16.7. The topological polar surface area (TPSA) is 128 Å². The predicted octanol–water partition coefficient (Wildman–Crippen LogP) is 2.36. The summed E-state index contributed by atoms with van der Waals surface area (Å²) < 4.78 is 17.2. The van der Waals surface area contributed by atoms with Gasteiger partial charge in [0.2, 0.25) is 12.7 Å². The Balaban J connectivity index is 1.60. The number of benzene rings is 2. The van der Waals surface area contributed by atoms with Gasteiger partial charge < -0.3 is 29.7 Å². The van der Waals surface area contributed by atoms with Gasteiger partial charge in [-0.25, -0.2) is 0 Å². The number of phenolic OH excluding ortho intramolecular Hbond substituents is 2. The van der Waals surface area contributed by atoms with Crippen LogP contribution in [0.3, 0.4) is 0 Å². The fourth-order valence-corrected chi connectivity index (χ4v) is 7.28. The van der Waals surface area contributed by atoms with E-state index in [1.54, 1.807) is 14.0 Å². The molecule has 200 valence electrons. The summed E-state index contributed by atoms with van der Waals surface area (Å²) in [4.78, 5) is 16.4. The second-order valence-corrected chi connectivity index (χ2v) is 10.7. The Bertz CT molecular complexity index is 1400. The van der Waals surface area contributed by atoms with Gasteiger partial charge in [0.25, 0.3) is 0 Å². The number of amides is 1. The van der Waals surface area contributed by atoms with E-state index in [1.807, 2.05) is 14.0 Å². The maximum Gasteiger partial charge on any atom is 0.231 e. The van der Waals surface area contributed by atoms with Gasteiger partial charge in [-0.3, -0.25) is 14.6 Å². The second-order valence-electron chi connectivity index (χ2n) is 10.7. The third-order valence-electron chi connectivity index (χ3n) is 8.84. The summed E-state index contributed by atoms with van der Waals surface area (Å²) in [7, 11) is 3.54. The van der Waals surface area contributed by atoms with Crippen molar-refractivity contribution in [2.75, 3.05) is 27.5 Å². The average molecular weight is 521 g/mol. The molecule has 0 aromatic heterocycles. The Labute approximate surface area is 221 Å². The second kappa shape index (κ2) is 8.68. The molecule has 3 N–H and O–H groups in total. The van der Waals surface area contributed by atoms with Gasteiger partial charge >= 0.3 is 0 Å². The lowest BCUT2D eigenvalue weighted by atomic mass is 9.71. The van der Waals surface area contributed by atoms with Crippen LogP contribution in [0.2, 0.25) is 0 Å². The first kappa shape index (κ1) is 24.6. The molecule has 10 nitrogen and oxygen atoms in total. The van der Waals surface area contributed by atoms with E-state index in [1.165, 1.54) is 6.92 Å². The summed E-state index contributed by atoms with van der Waals surface area (Å²) in [5.74, 6) is 1.56. The first-order chi connectivity index (χ1) is 18.2. The number of aromatic hydroxyl groups is 2. The molecular weight excluding hydrogens is 488 g/mol. The third kappa shape index (κ3) is 3.21. The van der Waals surface area contributed by atoms with E-state index in [4.69, 9.17) is 14.2 Å². The number of aryl methyl sites for hydroxylation is 1. The Morgan fingerprint density at radius 3 is 2.61 bits per heavy atom. The van der Waals surface area contributed by atoms with E-state index in [0.29, 0.717) is 35.7 Å². The molecule has 2 aromatic rings. The molecule has 1 saturated heterocycles. The Kier molecular flexibility index (Phi) is 5.63. The number of likely N-dealkylation sites (N-methyl/N-ethyl adjacent to an activating group) is 1. The van der Waals surface area contributed by atoms with Gasteiger partial charge in [-0.15, -0.1) is 0 Å². The Morgan fingerprint density at radius 2 is 1.92 bits per heavy atom. The van der Waals surface area contributed by atoms with Crippen molar-refractivity contribution in [3.05, 3.63) is 39.4 Å². The van der Waals surface area contributed by atoms with E-state index >= 15 is 0 Å². The van der Waals surface area contributed by atoms with Gasteiger partial charge in [-0.1, -0.05) is 6.07 Å². The van der Waals surface area contributed by atoms with Crippen LogP contribution in [0, 0.1) is 25.2 Å². The van der Waals surface area contributed by atoms with Crippen molar-refractivity contribution in [2.45, 2.75) is 63.8 Å². The molecule has 4 heterocycles. The maximum atomic E-state index is 12.1. The highest BCUT2D eigenvalue weighted by Crippen LogP contribution is 2.58. The molecular formula is C28H32N4O6. The van der Waals surface area contributed by atoms with Crippen LogP contribution in [0.5, 0.6) is 28.7 Å². The first-order valence-electron chi connectivity index (χ1n) is 12.9. The lowest BCUT2D eigenvalue weighted by Gasteiger charge is -2.60. The SMILES string of the molecule is COc1c(C)cc2c(c1O)C1[C@@H]3Cc4c(O)c(C)c5c(c4C(CNC(C)=O)N3[C@@H](C#N)C(C2)N1C)OCO5. The number of hydrogen-bond donors (Lipinski definition) is 3. The highest BCUT2D eigenvalue weighted by Gasteiger charge is 2.56. The van der Waals surface area contributed by atoms with Gasteiger partial charge in [0.05, 0.1) is 25.3 Å². The van der Waals surface area contributed by atoms with Crippen molar-refractivity contribution in [3.63, 3.8) is 0 Å². The molecule has 4 aliphatic heterocycles. The van der Waals surface area contributed by atoms with Crippen LogP contribution in [0.1, 0.15) is 52.4 Å². The molecule has 38 heavy (non-hydrogen) atoms. The highest BCUT2D eigenvalue weighted by molar-refractivity contribution is 5.73. The van der Waals surface area contributed by atoms with Crippen LogP contribution in [0.15, 0.2) is 6.07 Å². The molecule has 2 aromatic carbocycles. The number of hydrogen-bond acceptors (Lipinski definition) is 9. The standard InChI is InChI=1S/C28H32N4O6/c1-12-6-15-7-17-19(9-29)32-18(23(31(17)4)21(15)25(35)26(12)36-5)8-16-22(20(32)10-30-14(3)33)28-27(37-11-38-28)13(2)24(16)34/h6,17-20,23,34-35H,7-8,10-11H2,1-5H3,(H,30,33)/t17?,18-,19-,20?,23?/m0/s1. The van der Waals surface area contributed by atoms with Gasteiger partial charge in [-0.2, -0.15) is 5.26 Å². The molecule has 0 radical (unpaired) electrons. The number of nitrogens with one attached hydrogen (secondary N) is 1. The van der Waals surface area contributed by atoms with Crippen LogP contribution < -0.4 is 19.5 Å². The molecule has 0 aliphatic carbocycles. The van der Waals surface area contributed by atoms with Crippen molar-refractivity contribution >= 4 is 5.91 Å². The molecule has 4 aliphatic rings. The average Bonchev–Trinajstić information content (AvgIpc) is 3.36. The van der Waals surface area contributed by atoms with Gasteiger partial charge in [0.1, 0.15) is 11.8 Å². The molecule has 5 atom stereocenters. The molecule has 10 heteroatoms. The molecule has 6 rings (SSSR count). The van der Waals surface area contributed by atoms with Crippen LogP contribution in [-0.4, -0.2) is 71.5 Å². The van der Waals surface area contributed by atoms with E-state index in [-0.39, 0.29) is 48.9 Å². The summed E-state index contributed by atoms with van der Waals surface area (Å²) in [6.45, 7) is 5.44. The fourth-order valence-electron chi connectivity index (χ4n) is 7.28. The quantitative estimate of drug-likeness (QED) is 0.559. The zero-order chi connectivity index (χ0) is 27.0. The number of ether oxygens (including phenoxy) is 3. The van der Waals surface area contributed by atoms with E-state index in [0.717, 1.165) is 27.8 Å². The number of nitriles is 1. The van der Waals surface area contributed by atoms with E-state index in [9.17, 15) is 20.3 Å².